The Labute approximate surface area is 109 Å². The molecule has 1 atom stereocenters. The third-order valence-corrected chi connectivity index (χ3v) is 3.28. The van der Waals surface area contributed by atoms with Crippen LogP contribution in [0.4, 0.5) is 4.39 Å². The largest absolute Gasteiger partial charge is 0.486 e. The molecule has 3 rings (SSSR count). The number of fused-ring (bicyclic) bond motifs is 1. The molecule has 1 unspecified atom stereocenters. The van der Waals surface area contributed by atoms with Gasteiger partial charge in [0.15, 0.2) is 17.3 Å². The summed E-state index contributed by atoms with van der Waals surface area (Å²) in [6.07, 6.45) is -0.395. The highest BCUT2D eigenvalue weighted by molar-refractivity contribution is 6.31. The molecule has 0 amide bonds. The Morgan fingerprint density at radius 2 is 2.11 bits per heavy atom. The second-order valence-corrected chi connectivity index (χ2v) is 4.58. The molecule has 2 heterocycles. The molecule has 6 heteroatoms. The Hall–Kier alpha value is -1.04. The summed E-state index contributed by atoms with van der Waals surface area (Å²) in [5.41, 5.74) is 0.351. The number of ether oxygens (including phenoxy) is 3. The molecule has 1 saturated heterocycles. The van der Waals surface area contributed by atoms with Crippen LogP contribution in [0.25, 0.3) is 0 Å². The van der Waals surface area contributed by atoms with Crippen LogP contribution in [0.2, 0.25) is 5.02 Å². The first-order valence-corrected chi connectivity index (χ1v) is 6.25. The van der Waals surface area contributed by atoms with E-state index in [2.05, 4.69) is 5.32 Å². The van der Waals surface area contributed by atoms with E-state index in [1.165, 1.54) is 6.07 Å². The quantitative estimate of drug-likeness (QED) is 0.849. The molecule has 4 nitrogen and oxygen atoms in total. The lowest BCUT2D eigenvalue weighted by Gasteiger charge is -2.29. The van der Waals surface area contributed by atoms with Gasteiger partial charge in [0.1, 0.15) is 19.3 Å². The average Bonchev–Trinajstić information content (AvgIpc) is 2.41. The first-order valence-electron chi connectivity index (χ1n) is 5.87. The van der Waals surface area contributed by atoms with Crippen LogP contribution in [0.1, 0.15) is 11.7 Å². The van der Waals surface area contributed by atoms with Crippen molar-refractivity contribution >= 4 is 11.6 Å². The van der Waals surface area contributed by atoms with Crippen LogP contribution in [0.3, 0.4) is 0 Å². The molecule has 0 spiro atoms. The molecule has 1 aromatic rings. The number of hydrogen-bond donors (Lipinski definition) is 1. The Bertz CT molecular complexity index is 463. The van der Waals surface area contributed by atoms with Gasteiger partial charge in [-0.2, -0.15) is 0 Å². The topological polar surface area (TPSA) is 39.7 Å². The average molecular weight is 274 g/mol. The number of rotatable bonds is 1. The van der Waals surface area contributed by atoms with E-state index in [4.69, 9.17) is 25.8 Å². The Morgan fingerprint density at radius 3 is 2.89 bits per heavy atom. The molecule has 0 aromatic heterocycles. The van der Waals surface area contributed by atoms with E-state index >= 15 is 0 Å². The van der Waals surface area contributed by atoms with Gasteiger partial charge in [0, 0.05) is 19.2 Å². The molecular formula is C12H13ClFNO3. The van der Waals surface area contributed by atoms with Crippen molar-refractivity contribution in [2.24, 2.45) is 0 Å². The van der Waals surface area contributed by atoms with Crippen molar-refractivity contribution < 1.29 is 18.6 Å². The maximum Gasteiger partial charge on any atom is 0.170 e. The van der Waals surface area contributed by atoms with E-state index in [1.807, 2.05) is 0 Å². The van der Waals surface area contributed by atoms with Crippen LogP contribution in [0, 0.1) is 5.82 Å². The summed E-state index contributed by atoms with van der Waals surface area (Å²) in [6, 6.07) is 1.45. The Morgan fingerprint density at radius 1 is 1.28 bits per heavy atom. The van der Waals surface area contributed by atoms with E-state index in [0.29, 0.717) is 43.4 Å². The van der Waals surface area contributed by atoms with E-state index in [-0.39, 0.29) is 5.02 Å². The first-order chi connectivity index (χ1) is 8.77. The van der Waals surface area contributed by atoms with Gasteiger partial charge in [-0.05, 0) is 0 Å². The minimum absolute atomic E-state index is 0.0309. The number of benzene rings is 1. The van der Waals surface area contributed by atoms with Gasteiger partial charge in [-0.25, -0.2) is 4.39 Å². The minimum atomic E-state index is -0.491. The van der Waals surface area contributed by atoms with Gasteiger partial charge in [-0.3, -0.25) is 0 Å². The fourth-order valence-electron chi connectivity index (χ4n) is 2.19. The monoisotopic (exact) mass is 273 g/mol. The molecule has 2 aliphatic heterocycles. The van der Waals surface area contributed by atoms with Crippen molar-refractivity contribution in [1.82, 2.24) is 5.32 Å². The van der Waals surface area contributed by atoms with Crippen LogP contribution in [-0.2, 0) is 4.74 Å². The van der Waals surface area contributed by atoms with Crippen LogP contribution in [0.5, 0.6) is 11.5 Å². The van der Waals surface area contributed by atoms with Gasteiger partial charge < -0.3 is 19.5 Å². The highest BCUT2D eigenvalue weighted by atomic mass is 35.5. The summed E-state index contributed by atoms with van der Waals surface area (Å²) in [4.78, 5) is 0. The summed E-state index contributed by atoms with van der Waals surface area (Å²) < 4.78 is 30.7. The molecule has 0 bridgehead atoms. The lowest BCUT2D eigenvalue weighted by atomic mass is 10.0. The molecule has 18 heavy (non-hydrogen) atoms. The van der Waals surface area contributed by atoms with E-state index in [1.54, 1.807) is 0 Å². The zero-order chi connectivity index (χ0) is 12.5. The zero-order valence-electron chi connectivity index (χ0n) is 9.67. The third kappa shape index (κ3) is 2.02. The molecule has 0 aliphatic carbocycles. The van der Waals surface area contributed by atoms with Crippen LogP contribution < -0.4 is 14.8 Å². The normalized spacial score (nSPS) is 22.9. The number of nitrogens with one attached hydrogen (secondary N) is 1. The highest BCUT2D eigenvalue weighted by Gasteiger charge is 2.29. The molecule has 1 fully saturated rings. The van der Waals surface area contributed by atoms with Gasteiger partial charge in [-0.1, -0.05) is 11.6 Å². The van der Waals surface area contributed by atoms with E-state index < -0.39 is 11.9 Å². The van der Waals surface area contributed by atoms with Crippen molar-refractivity contribution in [3.05, 3.63) is 22.5 Å². The van der Waals surface area contributed by atoms with Gasteiger partial charge in [0.25, 0.3) is 0 Å². The van der Waals surface area contributed by atoms with Gasteiger partial charge in [-0.15, -0.1) is 0 Å². The van der Waals surface area contributed by atoms with Crippen LogP contribution in [-0.4, -0.2) is 32.9 Å². The maximum absolute atomic E-state index is 14.2. The SMILES string of the molecule is Fc1c(Cl)cc2c(c1C1CNCCO1)OCCO2. The van der Waals surface area contributed by atoms with Crippen molar-refractivity contribution in [3.63, 3.8) is 0 Å². The molecule has 98 valence electrons. The molecule has 0 saturated carbocycles. The van der Waals surface area contributed by atoms with E-state index in [9.17, 15) is 4.39 Å². The first kappa shape index (κ1) is 12.0. The molecule has 2 aliphatic rings. The van der Waals surface area contributed by atoms with Gasteiger partial charge in [0.2, 0.25) is 0 Å². The molecule has 1 N–H and O–H groups in total. The number of morpholine rings is 1. The fourth-order valence-corrected chi connectivity index (χ4v) is 2.40. The third-order valence-electron chi connectivity index (χ3n) is 3.01. The predicted molar refractivity (Wildman–Crippen MR) is 64.0 cm³/mol. The Kier molecular flexibility index (Phi) is 3.28. The minimum Gasteiger partial charge on any atom is -0.486 e. The van der Waals surface area contributed by atoms with Crippen molar-refractivity contribution in [2.75, 3.05) is 32.9 Å². The fraction of sp³-hybridized carbons (Fsp3) is 0.500. The standard InChI is InChI=1S/C12H13ClFNO3/c13-7-5-8-12(18-4-3-17-8)10(11(7)14)9-6-15-1-2-16-9/h5,9,15H,1-4,6H2. The lowest BCUT2D eigenvalue weighted by molar-refractivity contribution is 0.0221. The smallest absolute Gasteiger partial charge is 0.170 e. The summed E-state index contributed by atoms with van der Waals surface area (Å²) in [5, 5.41) is 3.19. The van der Waals surface area contributed by atoms with Crippen molar-refractivity contribution in [1.29, 1.82) is 0 Å². The second kappa shape index (κ2) is 4.91. The summed E-state index contributed by atoms with van der Waals surface area (Å²) in [7, 11) is 0. The number of hydrogen-bond acceptors (Lipinski definition) is 4. The number of halogens is 2. The van der Waals surface area contributed by atoms with Crippen LogP contribution >= 0.6 is 11.6 Å². The van der Waals surface area contributed by atoms with Crippen LogP contribution in [0.15, 0.2) is 6.07 Å². The zero-order valence-corrected chi connectivity index (χ0v) is 10.4. The van der Waals surface area contributed by atoms with Gasteiger partial charge in [0.05, 0.1) is 17.2 Å². The van der Waals surface area contributed by atoms with E-state index in [0.717, 1.165) is 6.54 Å². The Balaban J connectivity index is 2.07. The second-order valence-electron chi connectivity index (χ2n) is 4.17. The van der Waals surface area contributed by atoms with Gasteiger partial charge >= 0.3 is 0 Å². The predicted octanol–water partition coefficient (Wildman–Crippen LogP) is 1.91. The van der Waals surface area contributed by atoms with Crippen molar-refractivity contribution in [2.45, 2.75) is 6.10 Å². The van der Waals surface area contributed by atoms with Crippen molar-refractivity contribution in [3.8, 4) is 11.5 Å². The molecule has 0 radical (unpaired) electrons. The summed E-state index contributed by atoms with van der Waals surface area (Å²) in [6.45, 7) is 2.68. The molecular weight excluding hydrogens is 261 g/mol. The maximum atomic E-state index is 14.2. The molecule has 1 aromatic carbocycles. The highest BCUT2D eigenvalue weighted by Crippen LogP contribution is 2.43. The lowest BCUT2D eigenvalue weighted by Crippen LogP contribution is -2.34. The summed E-state index contributed by atoms with van der Waals surface area (Å²) >= 11 is 5.88. The summed E-state index contributed by atoms with van der Waals surface area (Å²) in [5.74, 6) is 0.406.